The molecule has 7 heteroatoms. The van der Waals surface area contributed by atoms with Gasteiger partial charge < -0.3 is 10.7 Å². The smallest absolute Gasteiger partial charge is 0.241 e. The van der Waals surface area contributed by atoms with E-state index >= 15 is 0 Å². The van der Waals surface area contributed by atoms with Crippen LogP contribution in [0.1, 0.15) is 19.4 Å². The lowest BCUT2D eigenvalue weighted by Gasteiger charge is -2.37. The molecule has 4 N–H and O–H groups in total. The Labute approximate surface area is 132 Å². The van der Waals surface area contributed by atoms with E-state index in [0.29, 0.717) is 16.9 Å². The number of carbonyl (C=O) groups excluding carboxylic acids is 2. The summed E-state index contributed by atoms with van der Waals surface area (Å²) in [6.45, 7) is 3.01. The van der Waals surface area contributed by atoms with E-state index in [1.165, 1.54) is 6.92 Å². The van der Waals surface area contributed by atoms with Gasteiger partial charge in [-0.3, -0.25) is 9.59 Å². The van der Waals surface area contributed by atoms with Gasteiger partial charge in [0.2, 0.25) is 5.91 Å². The summed E-state index contributed by atoms with van der Waals surface area (Å²) in [4.78, 5) is 29.5. The molecule has 1 aromatic rings. The number of benzene rings is 1. The third-order valence-corrected chi connectivity index (χ3v) is 4.34. The molecule has 1 amide bonds. The predicted molar refractivity (Wildman–Crippen MR) is 84.0 cm³/mol. The number of carbonyl (C=O) groups is 2. The molecule has 0 radical (unpaired) electrons. The van der Waals surface area contributed by atoms with Crippen LogP contribution in [0.3, 0.4) is 0 Å². The summed E-state index contributed by atoms with van der Waals surface area (Å²) in [7, 11) is 0. The third kappa shape index (κ3) is 1.76. The van der Waals surface area contributed by atoms with Gasteiger partial charge in [0.1, 0.15) is 17.2 Å². The number of hydrogen-bond acceptors (Lipinski definition) is 6. The molecular formula is C16H15N5O2. The second kappa shape index (κ2) is 5.04. The molecule has 1 spiro atoms. The monoisotopic (exact) mass is 309 g/mol. The van der Waals surface area contributed by atoms with E-state index in [-0.39, 0.29) is 17.2 Å². The van der Waals surface area contributed by atoms with Gasteiger partial charge in [-0.05, 0) is 25.5 Å². The summed E-state index contributed by atoms with van der Waals surface area (Å²) < 4.78 is 0. The lowest BCUT2D eigenvalue weighted by atomic mass is 9.63. The molecule has 2 aliphatic rings. The number of nitrogens with one attached hydrogen (secondary N) is 2. The highest BCUT2D eigenvalue weighted by Crippen LogP contribution is 2.51. The Morgan fingerprint density at radius 3 is 2.78 bits per heavy atom. The summed E-state index contributed by atoms with van der Waals surface area (Å²) in [5, 5.41) is 12.5. The van der Waals surface area contributed by atoms with Crippen LogP contribution in [-0.4, -0.2) is 17.5 Å². The van der Waals surface area contributed by atoms with Gasteiger partial charge in [-0.1, -0.05) is 18.2 Å². The Morgan fingerprint density at radius 1 is 1.48 bits per heavy atom. The predicted octanol–water partition coefficient (Wildman–Crippen LogP) is 0.755. The minimum Gasteiger partial charge on any atom is -0.325 e. The fourth-order valence-corrected chi connectivity index (χ4v) is 3.56. The number of amidine groups is 1. The fraction of sp³-hybridized carbons (Fsp3) is 0.250. The Morgan fingerprint density at radius 2 is 2.17 bits per heavy atom. The summed E-state index contributed by atoms with van der Waals surface area (Å²) in [6, 6.07) is 9.13. The van der Waals surface area contributed by atoms with Crippen LogP contribution in [0.15, 0.2) is 40.5 Å². The lowest BCUT2D eigenvalue weighted by molar-refractivity contribution is -0.123. The highest BCUT2D eigenvalue weighted by atomic mass is 16.2. The maximum absolute atomic E-state index is 12.9. The van der Waals surface area contributed by atoms with Crippen LogP contribution in [0, 0.1) is 17.2 Å². The minimum absolute atomic E-state index is 0.168. The number of allylic oxidation sites excluding steroid dienone is 1. The number of rotatable bonds is 1. The van der Waals surface area contributed by atoms with E-state index in [0.717, 1.165) is 0 Å². The molecule has 23 heavy (non-hydrogen) atoms. The molecule has 0 bridgehead atoms. The topological polar surface area (TPSA) is 120 Å². The maximum Gasteiger partial charge on any atom is 0.241 e. The highest BCUT2D eigenvalue weighted by molar-refractivity contribution is 6.19. The number of aliphatic imine (C=N–C) groups is 1. The number of Topliss-reactive ketones (excluding diaryl/α,β-unsaturated/α-hetero) is 1. The number of nitrogens with zero attached hydrogens (tertiary/aromatic N) is 2. The van der Waals surface area contributed by atoms with Gasteiger partial charge >= 0.3 is 0 Å². The molecule has 3 rings (SSSR count). The second-order valence-electron chi connectivity index (χ2n) is 5.53. The van der Waals surface area contributed by atoms with Crippen molar-refractivity contribution in [3.05, 3.63) is 41.1 Å². The molecule has 2 unspecified atom stereocenters. The van der Waals surface area contributed by atoms with Crippen molar-refractivity contribution in [2.24, 2.45) is 16.8 Å². The van der Waals surface area contributed by atoms with Crippen molar-refractivity contribution in [3.8, 4) is 6.07 Å². The van der Waals surface area contributed by atoms with Crippen LogP contribution in [0.25, 0.3) is 0 Å². The number of nitrogens with two attached hydrogens (primary N) is 1. The van der Waals surface area contributed by atoms with Crippen molar-refractivity contribution in [1.29, 1.82) is 5.26 Å². The Kier molecular flexibility index (Phi) is 3.27. The van der Waals surface area contributed by atoms with Crippen molar-refractivity contribution in [1.82, 2.24) is 5.43 Å². The van der Waals surface area contributed by atoms with Gasteiger partial charge in [-0.25, -0.2) is 10.8 Å². The van der Waals surface area contributed by atoms with Crippen LogP contribution < -0.4 is 16.6 Å². The Hall–Kier alpha value is -2.98. The van der Waals surface area contributed by atoms with Gasteiger partial charge in [0.25, 0.3) is 0 Å². The minimum atomic E-state index is -1.44. The van der Waals surface area contributed by atoms with E-state index in [1.54, 1.807) is 31.2 Å². The standard InChI is InChI=1S/C16H15N5O2/c1-8-13(9(2)22)16(11(7-17)14(19-8)21-18)10-5-3-4-6-12(10)20-15(16)23/h3-6,11H,18H2,1-2H3,(H,19,21)(H,20,23). The molecular weight excluding hydrogens is 294 g/mol. The summed E-state index contributed by atoms with van der Waals surface area (Å²) >= 11 is 0. The first-order chi connectivity index (χ1) is 11.0. The molecule has 7 nitrogen and oxygen atoms in total. The van der Waals surface area contributed by atoms with Gasteiger partial charge in [-0.15, -0.1) is 0 Å². The SMILES string of the molecule is CC(=O)C1=C(C)N=C(NN)C(C#N)C12C(=O)Nc1ccccc12. The van der Waals surface area contributed by atoms with E-state index < -0.39 is 17.2 Å². The molecule has 1 aromatic carbocycles. The van der Waals surface area contributed by atoms with Gasteiger partial charge in [-0.2, -0.15) is 5.26 Å². The zero-order valence-corrected chi connectivity index (χ0v) is 12.7. The first kappa shape index (κ1) is 14.9. The average Bonchev–Trinajstić information content (AvgIpc) is 2.80. The fourth-order valence-electron chi connectivity index (χ4n) is 3.56. The molecule has 0 saturated carbocycles. The van der Waals surface area contributed by atoms with Gasteiger partial charge in [0, 0.05) is 17.0 Å². The number of hydrazine groups is 1. The van der Waals surface area contributed by atoms with Crippen LogP contribution in [0.2, 0.25) is 0 Å². The number of anilines is 1. The van der Waals surface area contributed by atoms with Crippen molar-refractivity contribution in [3.63, 3.8) is 0 Å². The number of amides is 1. The zero-order valence-electron chi connectivity index (χ0n) is 12.7. The van der Waals surface area contributed by atoms with Crippen molar-refractivity contribution in [2.75, 3.05) is 5.32 Å². The molecule has 0 aromatic heterocycles. The molecule has 116 valence electrons. The largest absolute Gasteiger partial charge is 0.325 e. The first-order valence-corrected chi connectivity index (χ1v) is 7.06. The van der Waals surface area contributed by atoms with Gasteiger partial charge in [0.05, 0.1) is 6.07 Å². The Bertz CT molecular complexity index is 833. The van der Waals surface area contributed by atoms with E-state index in [2.05, 4.69) is 21.8 Å². The van der Waals surface area contributed by atoms with Crippen molar-refractivity contribution in [2.45, 2.75) is 19.3 Å². The molecule has 0 saturated heterocycles. The lowest BCUT2D eigenvalue weighted by Crippen LogP contribution is -2.54. The number of hydrogen-bond donors (Lipinski definition) is 3. The molecule has 2 atom stereocenters. The summed E-state index contributed by atoms with van der Waals surface area (Å²) in [5.41, 5.74) is 2.74. The van der Waals surface area contributed by atoms with E-state index in [1.807, 2.05) is 0 Å². The zero-order chi connectivity index (χ0) is 16.8. The summed E-state index contributed by atoms with van der Waals surface area (Å²) in [6.07, 6.45) is 0. The molecule has 0 aliphatic carbocycles. The highest BCUT2D eigenvalue weighted by Gasteiger charge is 2.60. The first-order valence-electron chi connectivity index (χ1n) is 7.06. The van der Waals surface area contributed by atoms with E-state index in [9.17, 15) is 14.9 Å². The Balaban J connectivity index is 2.43. The van der Waals surface area contributed by atoms with Crippen LogP contribution in [0.5, 0.6) is 0 Å². The maximum atomic E-state index is 12.9. The average molecular weight is 309 g/mol. The van der Waals surface area contributed by atoms with Crippen molar-refractivity contribution < 1.29 is 9.59 Å². The van der Waals surface area contributed by atoms with Crippen LogP contribution in [0.4, 0.5) is 5.69 Å². The molecule has 0 fully saturated rings. The van der Waals surface area contributed by atoms with Gasteiger partial charge in [0.15, 0.2) is 5.78 Å². The normalized spacial score (nSPS) is 25.6. The number of fused-ring (bicyclic) bond motifs is 2. The second-order valence-corrected chi connectivity index (χ2v) is 5.53. The molecule has 2 aliphatic heterocycles. The summed E-state index contributed by atoms with van der Waals surface area (Å²) in [5.74, 6) is 3.94. The van der Waals surface area contributed by atoms with Crippen molar-refractivity contribution >= 4 is 23.2 Å². The van der Waals surface area contributed by atoms with E-state index in [4.69, 9.17) is 5.84 Å². The number of para-hydroxylation sites is 1. The van der Waals surface area contributed by atoms with Crippen LogP contribution in [-0.2, 0) is 15.0 Å². The number of nitriles is 1. The molecule has 2 heterocycles. The quantitative estimate of drug-likeness (QED) is 0.522. The van der Waals surface area contributed by atoms with Crippen LogP contribution >= 0.6 is 0 Å². The number of ketones is 1. The third-order valence-electron chi connectivity index (χ3n) is 4.34.